The first-order valence-electron chi connectivity index (χ1n) is 7.24. The smallest absolute Gasteiger partial charge is 0.320 e. The molecule has 1 saturated carbocycles. The van der Waals surface area contributed by atoms with Gasteiger partial charge in [-0.3, -0.25) is 4.79 Å². The quantitative estimate of drug-likeness (QED) is 0.827. The largest absolute Gasteiger partial charge is 0.480 e. The number of halogens is 1. The lowest BCUT2D eigenvalue weighted by Crippen LogP contribution is -2.46. The maximum absolute atomic E-state index is 10.9. The summed E-state index contributed by atoms with van der Waals surface area (Å²) < 4.78 is 0. The Morgan fingerprint density at radius 1 is 1.00 bits per heavy atom. The highest BCUT2D eigenvalue weighted by Gasteiger charge is 2.26. The SMILES string of the molecule is Cl.O=C(O)C1CCCC(CCC2CCCCC2)N1. The van der Waals surface area contributed by atoms with E-state index in [0.717, 1.165) is 25.2 Å². The zero-order valence-electron chi connectivity index (χ0n) is 11.1. The molecule has 0 aromatic carbocycles. The number of carbonyl (C=O) groups is 1. The van der Waals surface area contributed by atoms with Crippen LogP contribution in [0.25, 0.3) is 0 Å². The van der Waals surface area contributed by atoms with Crippen LogP contribution in [0.2, 0.25) is 0 Å². The summed E-state index contributed by atoms with van der Waals surface area (Å²) in [5, 5.41) is 12.3. The zero-order valence-corrected chi connectivity index (χ0v) is 11.9. The van der Waals surface area contributed by atoms with Crippen molar-refractivity contribution >= 4 is 18.4 Å². The summed E-state index contributed by atoms with van der Waals surface area (Å²) in [5.74, 6) is 0.239. The van der Waals surface area contributed by atoms with Gasteiger partial charge in [-0.25, -0.2) is 0 Å². The molecule has 2 atom stereocenters. The average molecular weight is 276 g/mol. The van der Waals surface area contributed by atoms with Crippen LogP contribution in [0.5, 0.6) is 0 Å². The molecule has 2 fully saturated rings. The van der Waals surface area contributed by atoms with Crippen molar-refractivity contribution in [3.8, 4) is 0 Å². The minimum atomic E-state index is -0.674. The molecule has 2 aliphatic rings. The van der Waals surface area contributed by atoms with Crippen LogP contribution in [0.15, 0.2) is 0 Å². The van der Waals surface area contributed by atoms with E-state index in [1.165, 1.54) is 44.9 Å². The Morgan fingerprint density at radius 3 is 2.39 bits per heavy atom. The van der Waals surface area contributed by atoms with Crippen molar-refractivity contribution < 1.29 is 9.90 Å². The van der Waals surface area contributed by atoms with Gasteiger partial charge in [-0.2, -0.15) is 0 Å². The molecule has 2 rings (SSSR count). The molecule has 1 aliphatic heterocycles. The van der Waals surface area contributed by atoms with Gasteiger partial charge in [0.05, 0.1) is 0 Å². The third-order valence-electron chi connectivity index (χ3n) is 4.43. The van der Waals surface area contributed by atoms with Crippen molar-refractivity contribution in [1.29, 1.82) is 0 Å². The van der Waals surface area contributed by atoms with Gasteiger partial charge in [0.1, 0.15) is 6.04 Å². The average Bonchev–Trinajstić information content (AvgIpc) is 2.38. The second-order valence-corrected chi connectivity index (χ2v) is 5.77. The van der Waals surface area contributed by atoms with Gasteiger partial charge in [0.2, 0.25) is 0 Å². The first kappa shape index (κ1) is 15.8. The summed E-state index contributed by atoms with van der Waals surface area (Å²) in [6.45, 7) is 0. The van der Waals surface area contributed by atoms with Gasteiger partial charge in [0, 0.05) is 6.04 Å². The Hall–Kier alpha value is -0.280. The topological polar surface area (TPSA) is 49.3 Å². The molecule has 2 unspecified atom stereocenters. The van der Waals surface area contributed by atoms with Crippen LogP contribution >= 0.6 is 12.4 Å². The molecule has 2 N–H and O–H groups in total. The second-order valence-electron chi connectivity index (χ2n) is 5.77. The maximum atomic E-state index is 10.9. The highest BCUT2D eigenvalue weighted by Crippen LogP contribution is 2.29. The minimum absolute atomic E-state index is 0. The predicted octanol–water partition coefficient (Wildman–Crippen LogP) is 3.36. The van der Waals surface area contributed by atoms with E-state index < -0.39 is 5.97 Å². The standard InChI is InChI=1S/C14H25NO2.ClH/c16-14(17)13-8-4-7-12(15-13)10-9-11-5-2-1-3-6-11;/h11-13,15H,1-10H2,(H,16,17);1H. The molecule has 0 aromatic rings. The molecule has 0 spiro atoms. The summed E-state index contributed by atoms with van der Waals surface area (Å²) >= 11 is 0. The first-order valence-corrected chi connectivity index (χ1v) is 7.24. The number of rotatable bonds is 4. The van der Waals surface area contributed by atoms with Crippen LogP contribution in [0.1, 0.15) is 64.2 Å². The minimum Gasteiger partial charge on any atom is -0.480 e. The number of carboxylic acids is 1. The van der Waals surface area contributed by atoms with Crippen molar-refractivity contribution in [2.75, 3.05) is 0 Å². The Labute approximate surface area is 116 Å². The predicted molar refractivity (Wildman–Crippen MR) is 75.3 cm³/mol. The first-order chi connectivity index (χ1) is 8.25. The number of hydrogen-bond acceptors (Lipinski definition) is 2. The van der Waals surface area contributed by atoms with Gasteiger partial charge >= 0.3 is 5.97 Å². The summed E-state index contributed by atoms with van der Waals surface area (Å²) in [7, 11) is 0. The molecule has 3 nitrogen and oxygen atoms in total. The van der Waals surface area contributed by atoms with Gasteiger partial charge < -0.3 is 10.4 Å². The van der Waals surface area contributed by atoms with E-state index in [1.54, 1.807) is 0 Å². The molecule has 18 heavy (non-hydrogen) atoms. The molecular formula is C14H26ClNO2. The Balaban J connectivity index is 0.00000162. The molecule has 1 aliphatic carbocycles. The third kappa shape index (κ3) is 4.77. The van der Waals surface area contributed by atoms with Crippen molar-refractivity contribution in [3.63, 3.8) is 0 Å². The van der Waals surface area contributed by atoms with Gasteiger partial charge in [0.25, 0.3) is 0 Å². The Morgan fingerprint density at radius 2 is 1.72 bits per heavy atom. The van der Waals surface area contributed by atoms with E-state index in [4.69, 9.17) is 5.11 Å². The fraction of sp³-hybridized carbons (Fsp3) is 0.929. The van der Waals surface area contributed by atoms with Crippen molar-refractivity contribution in [2.24, 2.45) is 5.92 Å². The monoisotopic (exact) mass is 275 g/mol. The molecule has 0 bridgehead atoms. The van der Waals surface area contributed by atoms with E-state index in [2.05, 4.69) is 5.32 Å². The number of piperidine rings is 1. The van der Waals surface area contributed by atoms with E-state index >= 15 is 0 Å². The third-order valence-corrected chi connectivity index (χ3v) is 4.43. The van der Waals surface area contributed by atoms with Gasteiger partial charge in [-0.05, 0) is 38.0 Å². The summed E-state index contributed by atoms with van der Waals surface area (Å²) in [5.41, 5.74) is 0. The maximum Gasteiger partial charge on any atom is 0.320 e. The fourth-order valence-corrected chi connectivity index (χ4v) is 3.35. The molecule has 106 valence electrons. The highest BCUT2D eigenvalue weighted by molar-refractivity contribution is 5.85. The molecule has 0 radical (unpaired) electrons. The number of nitrogens with one attached hydrogen (secondary N) is 1. The van der Waals surface area contributed by atoms with Gasteiger partial charge in [0.15, 0.2) is 0 Å². The molecule has 0 aromatic heterocycles. The van der Waals surface area contributed by atoms with E-state index in [9.17, 15) is 4.79 Å². The normalized spacial score (nSPS) is 29.6. The number of carboxylic acid groups (broad SMARTS) is 1. The lowest BCUT2D eigenvalue weighted by atomic mass is 9.84. The molecule has 1 saturated heterocycles. The number of hydrogen-bond donors (Lipinski definition) is 2. The van der Waals surface area contributed by atoms with Crippen LogP contribution in [0.3, 0.4) is 0 Å². The highest BCUT2D eigenvalue weighted by atomic mass is 35.5. The van der Waals surface area contributed by atoms with Gasteiger partial charge in [-0.15, -0.1) is 12.4 Å². The van der Waals surface area contributed by atoms with Crippen LogP contribution in [-0.2, 0) is 4.79 Å². The van der Waals surface area contributed by atoms with Crippen LogP contribution in [0.4, 0.5) is 0 Å². The van der Waals surface area contributed by atoms with Crippen LogP contribution < -0.4 is 5.32 Å². The summed E-state index contributed by atoms with van der Waals surface area (Å²) in [6.07, 6.45) is 12.5. The summed E-state index contributed by atoms with van der Waals surface area (Å²) in [4.78, 5) is 10.9. The zero-order chi connectivity index (χ0) is 12.1. The fourth-order valence-electron chi connectivity index (χ4n) is 3.35. The lowest BCUT2D eigenvalue weighted by Gasteiger charge is -2.30. The Bertz CT molecular complexity index is 254. The lowest BCUT2D eigenvalue weighted by molar-refractivity contribution is -0.140. The molecule has 1 heterocycles. The van der Waals surface area contributed by atoms with E-state index in [-0.39, 0.29) is 18.4 Å². The summed E-state index contributed by atoms with van der Waals surface area (Å²) in [6, 6.07) is 0.159. The van der Waals surface area contributed by atoms with E-state index in [0.29, 0.717) is 6.04 Å². The van der Waals surface area contributed by atoms with Crippen LogP contribution in [0, 0.1) is 5.92 Å². The van der Waals surface area contributed by atoms with Crippen molar-refractivity contribution in [1.82, 2.24) is 5.32 Å². The van der Waals surface area contributed by atoms with E-state index in [1.807, 2.05) is 0 Å². The van der Waals surface area contributed by atoms with Gasteiger partial charge in [-0.1, -0.05) is 32.1 Å². The molecule has 0 amide bonds. The second kappa shape index (κ2) is 8.00. The molecular weight excluding hydrogens is 250 g/mol. The van der Waals surface area contributed by atoms with Crippen LogP contribution in [-0.4, -0.2) is 23.2 Å². The van der Waals surface area contributed by atoms with Crippen molar-refractivity contribution in [3.05, 3.63) is 0 Å². The molecule has 4 heteroatoms. The Kier molecular flexibility index (Phi) is 7.02. The number of aliphatic carboxylic acids is 1. The van der Waals surface area contributed by atoms with Crippen molar-refractivity contribution in [2.45, 2.75) is 76.3 Å².